The van der Waals surface area contributed by atoms with Gasteiger partial charge in [-0.25, -0.2) is 29.2 Å². The highest BCUT2D eigenvalue weighted by atomic mass is 79.9. The number of non-ortho nitro benzene ring substituents is 3. The number of nitrogens with two attached hydrogens (primary N) is 2. The van der Waals surface area contributed by atoms with E-state index in [0.29, 0.717) is 45.2 Å². The van der Waals surface area contributed by atoms with E-state index in [1.54, 1.807) is 18.2 Å². The van der Waals surface area contributed by atoms with Gasteiger partial charge in [-0.1, -0.05) is 150 Å². The van der Waals surface area contributed by atoms with Crippen molar-refractivity contribution in [2.45, 2.75) is 18.1 Å². The number of halogens is 4. The highest BCUT2D eigenvalue weighted by molar-refractivity contribution is 9.11. The lowest BCUT2D eigenvalue weighted by atomic mass is 10.1. The number of hydrogen-bond acceptors (Lipinski definition) is 19. The van der Waals surface area contributed by atoms with Crippen LogP contribution in [0.1, 0.15) is 87.4 Å². The van der Waals surface area contributed by atoms with Gasteiger partial charge in [0.05, 0.1) is 88.6 Å². The van der Waals surface area contributed by atoms with Crippen LogP contribution in [0.25, 0.3) is 0 Å². The number of carbonyl (C=O) groups is 4. The van der Waals surface area contributed by atoms with Crippen LogP contribution in [0.3, 0.4) is 0 Å². The molecular formula is C66H53Br3ClN9O17. The Hall–Kier alpha value is -11.0. The second-order valence-corrected chi connectivity index (χ2v) is 23.2. The molecule has 9 aromatic rings. The number of aromatic carboxylic acids is 4. The molecular weight excluding hydrogens is 1470 g/mol. The van der Waals surface area contributed by atoms with Gasteiger partial charge in [0.1, 0.15) is 25.3 Å². The lowest BCUT2D eigenvalue weighted by molar-refractivity contribution is -0.385. The minimum Gasteiger partial charge on any atom is -0.478 e. The molecule has 2 heterocycles. The fourth-order valence-corrected chi connectivity index (χ4v) is 10.1. The van der Waals surface area contributed by atoms with Gasteiger partial charge in [0, 0.05) is 55.5 Å². The van der Waals surface area contributed by atoms with Gasteiger partial charge < -0.3 is 57.1 Å². The summed E-state index contributed by atoms with van der Waals surface area (Å²) >= 11 is 15.4. The molecule has 0 aliphatic carbocycles. The van der Waals surface area contributed by atoms with Crippen LogP contribution in [-0.2, 0) is 9.47 Å². The smallest absolute Gasteiger partial charge is 0.338 e. The van der Waals surface area contributed by atoms with E-state index in [2.05, 4.69) is 58.4 Å². The highest BCUT2D eigenvalue weighted by Crippen LogP contribution is 2.36. The molecule has 11 rings (SSSR count). The fourth-order valence-electron chi connectivity index (χ4n) is 8.80. The number of carboxylic acid groups (broad SMARTS) is 4. The van der Waals surface area contributed by atoms with Crippen molar-refractivity contribution in [2.75, 3.05) is 36.2 Å². The van der Waals surface area contributed by atoms with Crippen LogP contribution in [-0.4, -0.2) is 95.8 Å². The molecule has 0 amide bonds. The monoisotopic (exact) mass is 1520 g/mol. The highest BCUT2D eigenvalue weighted by Gasteiger charge is 2.28. The molecule has 0 saturated carbocycles. The second-order valence-electron chi connectivity index (χ2n) is 20.0. The topological polar surface area (TPSA) is 418 Å². The zero-order valence-electron chi connectivity index (χ0n) is 49.4. The van der Waals surface area contributed by atoms with Crippen molar-refractivity contribution in [3.8, 4) is 0 Å². The minimum atomic E-state index is -1.37. The van der Waals surface area contributed by atoms with Crippen molar-refractivity contribution in [1.29, 1.82) is 0 Å². The number of aliphatic hydroxyl groups is 1. The number of ether oxygens (including phenoxy) is 2. The molecule has 3 atom stereocenters. The first-order chi connectivity index (χ1) is 45.8. The Labute approximate surface area is 575 Å². The number of aliphatic hydroxyl groups excluding tert-OH is 1. The maximum Gasteiger partial charge on any atom is 0.338 e. The first kappa shape index (κ1) is 72.5. The quantitative estimate of drug-likeness (QED) is 0.0232. The normalized spacial score (nSPS) is 13.5. The van der Waals surface area contributed by atoms with Crippen molar-refractivity contribution in [2.24, 2.45) is 15.7 Å². The number of hydrogen-bond donors (Lipinski definition) is 9. The Bertz CT molecular complexity index is 4430. The standard InChI is InChI=1S/C30H23BrN4O4.C14H9BrN2O6.C8H11NO.C7H4BrClO2.C7H6N2O4/c31-21-11-13-25(23(15-21)29-33-27(17-38-29)19-7-3-1-4-8-19)32-26-14-12-22(35(36)37)16-24(26)30-34-28(18-39-30)20-9-5-2-6-10-20;15-7-1-3-11(9(5-7)13(18)19)16-12-4-2-8(17(22)23)6-10(12)14(20)21;9-8(6-10)7-4-2-1-3-5-7;8-4-1-2-6(9)5(3-4)7(10)11;8-6-2-1-4(9(12)13)3-5(6)7(10)11/h1-16,27-28,32H,17-18H2;1-6,16H,(H,18,19)(H,20,21);1-5,8,10H,6,9H2;1-3H,(H,10,11);1-3H,8H2,(H,10,11)/t27-,28-;;8-;;/m0.0../s1. The third kappa shape index (κ3) is 20.0. The number of nitro groups is 3. The van der Waals surface area contributed by atoms with Gasteiger partial charge in [-0.05, 0) is 89.5 Å². The lowest BCUT2D eigenvalue weighted by Gasteiger charge is -2.15. The Morgan fingerprint density at radius 3 is 1.32 bits per heavy atom. The van der Waals surface area contributed by atoms with Crippen molar-refractivity contribution >= 4 is 141 Å². The third-order valence-corrected chi connectivity index (χ3v) is 15.4. The summed E-state index contributed by atoms with van der Waals surface area (Å²) in [5.41, 5.74) is 15.5. The van der Waals surface area contributed by atoms with Gasteiger partial charge in [0.2, 0.25) is 11.8 Å². The first-order valence-electron chi connectivity index (χ1n) is 27.9. The van der Waals surface area contributed by atoms with Crippen molar-refractivity contribution in [3.63, 3.8) is 0 Å². The lowest BCUT2D eigenvalue weighted by Crippen LogP contribution is -2.13. The predicted octanol–water partition coefficient (Wildman–Crippen LogP) is 15.0. The SMILES string of the molecule is N[C@@H](CO)c1ccccc1.Nc1ccc([N+](=O)[O-])cc1C(=O)O.O=C(O)c1cc(Br)ccc1Cl.O=C(O)c1cc(Br)ccc1Nc1ccc([N+](=O)[O-])cc1C(=O)O.O=[N+]([O-])c1ccc(Nc2ccc(Br)cc2C2=N[C@H](c3ccccc3)CO2)c(C2=N[C@H](c3ccccc3)CO2)c1. The molecule has 96 heavy (non-hydrogen) atoms. The molecule has 0 bridgehead atoms. The van der Waals surface area contributed by atoms with E-state index in [-0.39, 0.29) is 86.1 Å². The predicted molar refractivity (Wildman–Crippen MR) is 369 cm³/mol. The molecule has 0 fully saturated rings. The number of nitrogens with one attached hydrogen (secondary N) is 2. The Kier molecular flexibility index (Phi) is 25.9. The van der Waals surface area contributed by atoms with E-state index in [9.17, 15) is 59.7 Å². The number of nitro benzene ring substituents is 3. The maximum absolute atomic E-state index is 11.6. The van der Waals surface area contributed by atoms with Crippen LogP contribution in [0.5, 0.6) is 0 Å². The van der Waals surface area contributed by atoms with Crippen LogP contribution in [0.15, 0.2) is 224 Å². The van der Waals surface area contributed by atoms with Gasteiger partial charge in [-0.2, -0.15) is 0 Å². The van der Waals surface area contributed by atoms with Gasteiger partial charge >= 0.3 is 23.9 Å². The van der Waals surface area contributed by atoms with Crippen molar-refractivity contribution < 1.29 is 69.0 Å². The molecule has 492 valence electrons. The summed E-state index contributed by atoms with van der Waals surface area (Å²) in [6, 6.07) is 54.9. The van der Waals surface area contributed by atoms with Gasteiger partial charge in [-0.3, -0.25) is 30.3 Å². The zero-order valence-corrected chi connectivity index (χ0v) is 55.0. The van der Waals surface area contributed by atoms with Gasteiger partial charge in [0.15, 0.2) is 0 Å². The first-order valence-corrected chi connectivity index (χ1v) is 30.6. The third-order valence-electron chi connectivity index (χ3n) is 13.6. The van der Waals surface area contributed by atoms with Crippen LogP contribution in [0, 0.1) is 30.3 Å². The van der Waals surface area contributed by atoms with E-state index >= 15 is 0 Å². The van der Waals surface area contributed by atoms with Crippen LogP contribution >= 0.6 is 59.4 Å². The Morgan fingerprint density at radius 1 is 0.500 bits per heavy atom. The molecule has 0 saturated heterocycles. The summed E-state index contributed by atoms with van der Waals surface area (Å²) in [6.07, 6.45) is 0. The van der Waals surface area contributed by atoms with Crippen LogP contribution < -0.4 is 22.1 Å². The molecule has 0 radical (unpaired) electrons. The molecule has 2 aliphatic rings. The molecule has 26 nitrogen and oxygen atoms in total. The number of carboxylic acids is 4. The number of aliphatic imine (C=N–C) groups is 2. The van der Waals surface area contributed by atoms with E-state index in [1.807, 2.05) is 109 Å². The average molecular weight is 1520 g/mol. The summed E-state index contributed by atoms with van der Waals surface area (Å²) in [5.74, 6) is -3.99. The number of anilines is 5. The molecule has 30 heteroatoms. The van der Waals surface area contributed by atoms with E-state index < -0.39 is 38.6 Å². The summed E-state index contributed by atoms with van der Waals surface area (Å²) in [4.78, 5) is 83.9. The van der Waals surface area contributed by atoms with Gasteiger partial charge in [0.25, 0.3) is 17.1 Å². The summed E-state index contributed by atoms with van der Waals surface area (Å²) in [7, 11) is 0. The van der Waals surface area contributed by atoms with Crippen LogP contribution in [0.2, 0.25) is 5.02 Å². The summed E-state index contributed by atoms with van der Waals surface area (Å²) < 4.78 is 14.1. The number of nitrogens with zero attached hydrogens (tertiary/aromatic N) is 5. The number of nitrogen functional groups attached to an aromatic ring is 1. The number of benzene rings is 9. The Balaban J connectivity index is 0.000000192. The van der Waals surface area contributed by atoms with Gasteiger partial charge in [-0.15, -0.1) is 0 Å². The largest absolute Gasteiger partial charge is 0.478 e. The molecule has 9 aromatic carbocycles. The molecule has 0 unspecified atom stereocenters. The van der Waals surface area contributed by atoms with E-state index in [1.165, 1.54) is 48.5 Å². The van der Waals surface area contributed by atoms with Crippen LogP contribution in [0.4, 0.5) is 45.5 Å². The van der Waals surface area contributed by atoms with E-state index in [4.69, 9.17) is 57.8 Å². The maximum atomic E-state index is 11.6. The zero-order chi connectivity index (χ0) is 69.8. The number of rotatable bonds is 17. The minimum absolute atomic E-state index is 0.00398. The second kappa shape index (κ2) is 34.3. The van der Waals surface area contributed by atoms with E-state index in [0.717, 1.165) is 56.7 Å². The molecule has 11 N–H and O–H groups in total. The molecule has 0 aromatic heterocycles. The summed E-state index contributed by atoms with van der Waals surface area (Å²) in [5, 5.41) is 83.2. The molecule has 2 aliphatic heterocycles. The Morgan fingerprint density at radius 2 is 0.865 bits per heavy atom. The average Bonchev–Trinajstić information content (AvgIpc) is 1.48. The fraction of sp³-hybridized carbons (Fsp3) is 0.0909. The summed E-state index contributed by atoms with van der Waals surface area (Å²) in [6.45, 7) is 0.806. The van der Waals surface area contributed by atoms with Crippen molar-refractivity contribution in [3.05, 3.63) is 299 Å². The van der Waals surface area contributed by atoms with Crippen molar-refractivity contribution in [1.82, 2.24) is 0 Å². The molecule has 0 spiro atoms.